The lowest BCUT2D eigenvalue weighted by Gasteiger charge is -2.33. The zero-order chi connectivity index (χ0) is 18.5. The van der Waals surface area contributed by atoms with E-state index in [4.69, 9.17) is 16.3 Å². The van der Waals surface area contributed by atoms with Crippen LogP contribution in [-0.2, 0) is 9.53 Å². The number of amides is 2. The number of nitrogens with zero attached hydrogens (tertiary/aromatic N) is 1. The average Bonchev–Trinajstić information content (AvgIpc) is 2.68. The van der Waals surface area contributed by atoms with Crippen LogP contribution in [0, 0.1) is 0 Å². The number of morpholine rings is 1. The Balaban J connectivity index is 1.57. The van der Waals surface area contributed by atoms with E-state index in [2.05, 4.69) is 21.2 Å². The third-order valence-electron chi connectivity index (χ3n) is 4.16. The van der Waals surface area contributed by atoms with Crippen LogP contribution in [0.15, 0.2) is 53.0 Å². The maximum atomic E-state index is 12.5. The molecule has 0 aliphatic carbocycles. The molecule has 2 aromatic carbocycles. The molecule has 1 unspecified atom stereocenters. The van der Waals surface area contributed by atoms with Gasteiger partial charge in [-0.2, -0.15) is 0 Å². The van der Waals surface area contributed by atoms with E-state index >= 15 is 0 Å². The number of benzene rings is 2. The molecule has 2 aromatic rings. The van der Waals surface area contributed by atoms with Crippen LogP contribution >= 0.6 is 27.5 Å². The van der Waals surface area contributed by atoms with Gasteiger partial charge in [0.1, 0.15) is 6.10 Å². The first-order valence-corrected chi connectivity index (χ1v) is 9.39. The molecule has 0 saturated carbocycles. The van der Waals surface area contributed by atoms with Gasteiger partial charge in [-0.3, -0.25) is 9.59 Å². The Morgan fingerprint density at radius 3 is 2.77 bits per heavy atom. The summed E-state index contributed by atoms with van der Waals surface area (Å²) in [5.41, 5.74) is 1.37. The summed E-state index contributed by atoms with van der Waals surface area (Å²) >= 11 is 9.36. The van der Waals surface area contributed by atoms with Gasteiger partial charge in [0.05, 0.1) is 30.3 Å². The van der Waals surface area contributed by atoms with Gasteiger partial charge in [0.25, 0.3) is 5.91 Å². The summed E-state index contributed by atoms with van der Waals surface area (Å²) in [5, 5.41) is 2.98. The Morgan fingerprint density at radius 1 is 1.23 bits per heavy atom. The zero-order valence-corrected chi connectivity index (χ0v) is 16.3. The molecule has 7 heteroatoms. The van der Waals surface area contributed by atoms with E-state index in [1.165, 1.54) is 0 Å². The quantitative estimate of drug-likeness (QED) is 0.797. The molecule has 0 aromatic heterocycles. The van der Waals surface area contributed by atoms with Gasteiger partial charge in [-0.15, -0.1) is 0 Å². The van der Waals surface area contributed by atoms with Crippen LogP contribution in [0.3, 0.4) is 0 Å². The maximum Gasteiger partial charge on any atom is 0.253 e. The molecule has 1 aliphatic heterocycles. The van der Waals surface area contributed by atoms with E-state index in [-0.39, 0.29) is 24.5 Å². The third-order valence-corrected chi connectivity index (χ3v) is 4.99. The minimum atomic E-state index is -0.377. The minimum absolute atomic E-state index is 0.0802. The standard InChI is InChI=1S/C19H18BrClN2O3/c20-14-6-7-16(21)15(10-14)19(25)22-11-18(24)23-8-9-26-17(12-23)13-4-2-1-3-5-13/h1-7,10,17H,8-9,11-12H2,(H,22,25). The van der Waals surface area contributed by atoms with E-state index in [1.54, 1.807) is 23.1 Å². The fourth-order valence-corrected chi connectivity index (χ4v) is 3.34. The SMILES string of the molecule is O=C(NCC(=O)N1CCOC(c2ccccc2)C1)c1cc(Br)ccc1Cl. The smallest absolute Gasteiger partial charge is 0.253 e. The van der Waals surface area contributed by atoms with Crippen LogP contribution in [0.1, 0.15) is 22.0 Å². The lowest BCUT2D eigenvalue weighted by atomic mass is 10.1. The third kappa shape index (κ3) is 4.63. The molecule has 1 saturated heterocycles. The van der Waals surface area contributed by atoms with Crippen molar-refractivity contribution in [2.45, 2.75) is 6.10 Å². The van der Waals surface area contributed by atoms with E-state index in [0.717, 1.165) is 10.0 Å². The number of hydrogen-bond donors (Lipinski definition) is 1. The van der Waals surface area contributed by atoms with Gasteiger partial charge >= 0.3 is 0 Å². The molecule has 1 aliphatic rings. The fourth-order valence-electron chi connectivity index (χ4n) is 2.78. The molecule has 0 spiro atoms. The van der Waals surface area contributed by atoms with Crippen molar-refractivity contribution >= 4 is 39.3 Å². The van der Waals surface area contributed by atoms with E-state index < -0.39 is 0 Å². The first-order chi connectivity index (χ1) is 12.5. The lowest BCUT2D eigenvalue weighted by Crippen LogP contribution is -2.46. The number of nitrogens with one attached hydrogen (secondary N) is 1. The van der Waals surface area contributed by atoms with Crippen molar-refractivity contribution in [3.05, 3.63) is 69.2 Å². The Labute approximate surface area is 165 Å². The molecule has 136 valence electrons. The number of rotatable bonds is 4. The van der Waals surface area contributed by atoms with Crippen molar-refractivity contribution in [1.82, 2.24) is 10.2 Å². The first-order valence-electron chi connectivity index (χ1n) is 8.22. The Hall–Kier alpha value is -1.89. The van der Waals surface area contributed by atoms with Gasteiger partial charge in [-0.05, 0) is 23.8 Å². The van der Waals surface area contributed by atoms with Crippen LogP contribution in [0.4, 0.5) is 0 Å². The summed E-state index contributed by atoms with van der Waals surface area (Å²) in [5.74, 6) is -0.522. The van der Waals surface area contributed by atoms with E-state index in [1.807, 2.05) is 30.3 Å². The molecule has 3 rings (SSSR count). The zero-order valence-electron chi connectivity index (χ0n) is 14.0. The number of carbonyl (C=O) groups excluding carboxylic acids is 2. The second-order valence-corrected chi connectivity index (χ2v) is 7.24. The molecule has 1 N–H and O–H groups in total. The molecule has 1 atom stereocenters. The van der Waals surface area contributed by atoms with Crippen LogP contribution in [-0.4, -0.2) is 43.0 Å². The Kier molecular flexibility index (Phi) is 6.29. The van der Waals surface area contributed by atoms with Crippen molar-refractivity contribution in [3.8, 4) is 0 Å². The van der Waals surface area contributed by atoms with Gasteiger partial charge in [0.15, 0.2) is 0 Å². The van der Waals surface area contributed by atoms with E-state index in [9.17, 15) is 9.59 Å². The molecule has 1 fully saturated rings. The minimum Gasteiger partial charge on any atom is -0.370 e. The Morgan fingerprint density at radius 2 is 2.00 bits per heavy atom. The predicted molar refractivity (Wildman–Crippen MR) is 103 cm³/mol. The van der Waals surface area contributed by atoms with Gasteiger partial charge in [0.2, 0.25) is 5.91 Å². The van der Waals surface area contributed by atoms with Crippen molar-refractivity contribution < 1.29 is 14.3 Å². The van der Waals surface area contributed by atoms with Gasteiger partial charge in [-0.25, -0.2) is 0 Å². The number of halogens is 2. The molecule has 5 nitrogen and oxygen atoms in total. The van der Waals surface area contributed by atoms with Crippen LogP contribution in [0.5, 0.6) is 0 Å². The van der Waals surface area contributed by atoms with Crippen LogP contribution in [0.2, 0.25) is 5.02 Å². The second-order valence-electron chi connectivity index (χ2n) is 5.92. The summed E-state index contributed by atoms with van der Waals surface area (Å²) in [6.45, 7) is 1.37. The maximum absolute atomic E-state index is 12.5. The summed E-state index contributed by atoms with van der Waals surface area (Å²) in [6.07, 6.45) is -0.149. The monoisotopic (exact) mass is 436 g/mol. The largest absolute Gasteiger partial charge is 0.370 e. The summed E-state index contributed by atoms with van der Waals surface area (Å²) in [7, 11) is 0. The van der Waals surface area contributed by atoms with Crippen LogP contribution < -0.4 is 5.32 Å². The second kappa shape index (κ2) is 8.66. The van der Waals surface area contributed by atoms with Crippen molar-refractivity contribution in [2.24, 2.45) is 0 Å². The number of hydrogen-bond acceptors (Lipinski definition) is 3. The first kappa shape index (κ1) is 18.9. The van der Waals surface area contributed by atoms with Gasteiger partial charge in [0, 0.05) is 11.0 Å². The fraction of sp³-hybridized carbons (Fsp3) is 0.263. The summed E-state index contributed by atoms with van der Waals surface area (Å²) < 4.78 is 6.51. The van der Waals surface area contributed by atoms with E-state index in [0.29, 0.717) is 30.3 Å². The normalized spacial score (nSPS) is 17.0. The molecular weight excluding hydrogens is 420 g/mol. The highest BCUT2D eigenvalue weighted by molar-refractivity contribution is 9.10. The Bertz CT molecular complexity index is 801. The van der Waals surface area contributed by atoms with Gasteiger partial charge in [-0.1, -0.05) is 57.9 Å². The van der Waals surface area contributed by atoms with Crippen LogP contribution in [0.25, 0.3) is 0 Å². The molecule has 26 heavy (non-hydrogen) atoms. The highest BCUT2D eigenvalue weighted by atomic mass is 79.9. The highest BCUT2D eigenvalue weighted by Gasteiger charge is 2.25. The molecule has 0 radical (unpaired) electrons. The summed E-state index contributed by atoms with van der Waals surface area (Å²) in [4.78, 5) is 26.5. The average molecular weight is 438 g/mol. The number of carbonyl (C=O) groups is 2. The lowest BCUT2D eigenvalue weighted by molar-refractivity contribution is -0.137. The van der Waals surface area contributed by atoms with Gasteiger partial charge < -0.3 is 15.0 Å². The summed E-state index contributed by atoms with van der Waals surface area (Å²) in [6, 6.07) is 14.8. The van der Waals surface area contributed by atoms with Crippen molar-refractivity contribution in [3.63, 3.8) is 0 Å². The molecule has 2 amide bonds. The predicted octanol–water partition coefficient (Wildman–Crippen LogP) is 3.43. The molecule has 1 heterocycles. The highest BCUT2D eigenvalue weighted by Crippen LogP contribution is 2.22. The van der Waals surface area contributed by atoms with Crippen molar-refractivity contribution in [1.29, 1.82) is 0 Å². The van der Waals surface area contributed by atoms with Crippen molar-refractivity contribution in [2.75, 3.05) is 26.2 Å². The number of ether oxygens (including phenoxy) is 1. The molecular formula is C19H18BrClN2O3. The molecule has 0 bridgehead atoms. The topological polar surface area (TPSA) is 58.6 Å².